The van der Waals surface area contributed by atoms with E-state index in [0.717, 1.165) is 19.4 Å². The van der Waals surface area contributed by atoms with E-state index < -0.39 is 5.54 Å². The Labute approximate surface area is 113 Å². The largest absolute Gasteiger partial charge is 0.375 e. The Kier molecular flexibility index (Phi) is 10.0. The van der Waals surface area contributed by atoms with Gasteiger partial charge in [-0.15, -0.1) is 0 Å². The molecule has 18 heavy (non-hydrogen) atoms. The Hall–Kier alpha value is -0.590. The van der Waals surface area contributed by atoms with Gasteiger partial charge in [0.05, 0.1) is 18.8 Å². The van der Waals surface area contributed by atoms with E-state index in [1.807, 2.05) is 6.92 Å². The first-order valence-corrected chi connectivity index (χ1v) is 7.35. The van der Waals surface area contributed by atoms with Crippen LogP contribution in [0.5, 0.6) is 0 Å². The third-order valence-corrected chi connectivity index (χ3v) is 3.13. The van der Waals surface area contributed by atoms with Crippen molar-refractivity contribution in [1.82, 2.24) is 5.32 Å². The maximum atomic E-state index is 9.18. The molecule has 0 amide bonds. The van der Waals surface area contributed by atoms with Gasteiger partial charge >= 0.3 is 0 Å². The maximum Gasteiger partial charge on any atom is 0.127 e. The number of nitrogens with zero attached hydrogens (tertiary/aromatic N) is 1. The SMILES string of the molecule is CCCCCCC(C)OCC(C)(C#N)NCCC. The predicted molar refractivity (Wildman–Crippen MR) is 76.5 cm³/mol. The fraction of sp³-hybridized carbons (Fsp3) is 0.933. The standard InChI is InChI=1S/C15H30N2O/c1-5-7-8-9-10-14(3)18-13-15(4,12-16)17-11-6-2/h14,17H,5-11,13H2,1-4H3. The van der Waals surface area contributed by atoms with Gasteiger partial charge in [-0.3, -0.25) is 5.32 Å². The first kappa shape index (κ1) is 17.4. The Balaban J connectivity index is 3.80. The van der Waals surface area contributed by atoms with Gasteiger partial charge in [0.2, 0.25) is 0 Å². The van der Waals surface area contributed by atoms with Crippen LogP contribution in [0.25, 0.3) is 0 Å². The highest BCUT2D eigenvalue weighted by Gasteiger charge is 2.23. The number of rotatable bonds is 11. The normalized spacial score (nSPS) is 15.9. The number of nitriles is 1. The van der Waals surface area contributed by atoms with E-state index in [0.29, 0.717) is 6.61 Å². The lowest BCUT2D eigenvalue weighted by atomic mass is 10.1. The van der Waals surface area contributed by atoms with E-state index in [9.17, 15) is 5.26 Å². The van der Waals surface area contributed by atoms with Gasteiger partial charge in [-0.05, 0) is 33.2 Å². The molecule has 1 N–H and O–H groups in total. The zero-order valence-electron chi connectivity index (χ0n) is 12.6. The zero-order valence-corrected chi connectivity index (χ0v) is 12.6. The van der Waals surface area contributed by atoms with Gasteiger partial charge in [0.1, 0.15) is 5.54 Å². The van der Waals surface area contributed by atoms with Crippen molar-refractivity contribution in [3.05, 3.63) is 0 Å². The number of hydrogen-bond donors (Lipinski definition) is 1. The first-order chi connectivity index (χ1) is 8.58. The van der Waals surface area contributed by atoms with E-state index in [1.165, 1.54) is 25.7 Å². The van der Waals surface area contributed by atoms with Crippen LogP contribution in [0.4, 0.5) is 0 Å². The molecular weight excluding hydrogens is 224 g/mol. The van der Waals surface area contributed by atoms with Gasteiger partial charge in [0.25, 0.3) is 0 Å². The Bertz CT molecular complexity index is 237. The molecule has 0 rings (SSSR count). The van der Waals surface area contributed by atoms with Crippen molar-refractivity contribution in [1.29, 1.82) is 5.26 Å². The molecule has 3 heteroatoms. The molecule has 0 saturated carbocycles. The average Bonchev–Trinajstić information content (AvgIpc) is 2.39. The van der Waals surface area contributed by atoms with Gasteiger partial charge in [-0.2, -0.15) is 5.26 Å². The summed E-state index contributed by atoms with van der Waals surface area (Å²) < 4.78 is 5.79. The first-order valence-electron chi connectivity index (χ1n) is 7.35. The topological polar surface area (TPSA) is 45.0 Å². The highest BCUT2D eigenvalue weighted by molar-refractivity contribution is 5.03. The van der Waals surface area contributed by atoms with Crippen molar-refractivity contribution in [2.45, 2.75) is 77.9 Å². The highest BCUT2D eigenvalue weighted by Crippen LogP contribution is 2.11. The molecule has 0 aromatic heterocycles. The number of unbranched alkanes of at least 4 members (excludes halogenated alkanes) is 3. The van der Waals surface area contributed by atoms with Gasteiger partial charge in [0, 0.05) is 0 Å². The molecule has 0 aliphatic carbocycles. The summed E-state index contributed by atoms with van der Waals surface area (Å²) in [6.07, 6.45) is 7.45. The van der Waals surface area contributed by atoms with Crippen LogP contribution < -0.4 is 5.32 Å². The molecule has 0 aromatic carbocycles. The van der Waals surface area contributed by atoms with Crippen LogP contribution >= 0.6 is 0 Å². The van der Waals surface area contributed by atoms with Gasteiger partial charge in [-0.1, -0.05) is 39.5 Å². The molecule has 0 aliphatic rings. The van der Waals surface area contributed by atoms with Crippen LogP contribution in [0.3, 0.4) is 0 Å². The lowest BCUT2D eigenvalue weighted by molar-refractivity contribution is 0.0319. The van der Waals surface area contributed by atoms with E-state index in [-0.39, 0.29) is 6.10 Å². The minimum Gasteiger partial charge on any atom is -0.375 e. The molecule has 0 radical (unpaired) electrons. The third-order valence-electron chi connectivity index (χ3n) is 3.13. The molecule has 0 bridgehead atoms. The minimum atomic E-state index is -0.548. The average molecular weight is 254 g/mol. The summed E-state index contributed by atoms with van der Waals surface area (Å²) in [5.74, 6) is 0. The minimum absolute atomic E-state index is 0.248. The second-order valence-corrected chi connectivity index (χ2v) is 5.34. The predicted octanol–water partition coefficient (Wildman–Crippen LogP) is 3.64. The fourth-order valence-electron chi connectivity index (χ4n) is 1.77. The van der Waals surface area contributed by atoms with Crippen molar-refractivity contribution >= 4 is 0 Å². The van der Waals surface area contributed by atoms with Crippen LogP contribution in [0.1, 0.15) is 66.2 Å². The molecule has 2 atom stereocenters. The lowest BCUT2D eigenvalue weighted by Gasteiger charge is -2.25. The Morgan fingerprint density at radius 3 is 2.50 bits per heavy atom. The molecule has 2 unspecified atom stereocenters. The summed E-state index contributed by atoms with van der Waals surface area (Å²) in [4.78, 5) is 0. The maximum absolute atomic E-state index is 9.18. The lowest BCUT2D eigenvalue weighted by Crippen LogP contribution is -2.46. The second kappa shape index (κ2) is 10.3. The van der Waals surface area contributed by atoms with Gasteiger partial charge in [0.15, 0.2) is 0 Å². The molecule has 0 aromatic rings. The summed E-state index contributed by atoms with van der Waals surface area (Å²) in [7, 11) is 0. The van der Waals surface area contributed by atoms with Crippen LogP contribution in [0.15, 0.2) is 0 Å². The summed E-state index contributed by atoms with van der Waals surface area (Å²) in [6.45, 7) is 9.66. The van der Waals surface area contributed by atoms with Crippen LogP contribution in [0, 0.1) is 11.3 Å². The quantitative estimate of drug-likeness (QED) is 0.572. The summed E-state index contributed by atoms with van der Waals surface area (Å²) in [5, 5.41) is 12.4. The van der Waals surface area contributed by atoms with Crippen molar-refractivity contribution in [3.8, 4) is 6.07 Å². The smallest absolute Gasteiger partial charge is 0.127 e. The fourth-order valence-corrected chi connectivity index (χ4v) is 1.77. The molecular formula is C15H30N2O. The van der Waals surface area contributed by atoms with E-state index in [1.54, 1.807) is 0 Å². The van der Waals surface area contributed by atoms with Crippen molar-refractivity contribution in [3.63, 3.8) is 0 Å². The molecule has 0 fully saturated rings. The van der Waals surface area contributed by atoms with Crippen molar-refractivity contribution < 1.29 is 4.74 Å². The number of nitrogens with one attached hydrogen (secondary N) is 1. The van der Waals surface area contributed by atoms with Crippen LogP contribution in [-0.2, 0) is 4.74 Å². The van der Waals surface area contributed by atoms with Crippen molar-refractivity contribution in [2.24, 2.45) is 0 Å². The summed E-state index contributed by atoms with van der Waals surface area (Å²) >= 11 is 0. The Morgan fingerprint density at radius 1 is 1.22 bits per heavy atom. The van der Waals surface area contributed by atoms with E-state index in [2.05, 4.69) is 32.2 Å². The monoisotopic (exact) mass is 254 g/mol. The Morgan fingerprint density at radius 2 is 1.94 bits per heavy atom. The molecule has 0 spiro atoms. The summed E-state index contributed by atoms with van der Waals surface area (Å²) in [5.41, 5.74) is -0.548. The van der Waals surface area contributed by atoms with Crippen molar-refractivity contribution in [2.75, 3.05) is 13.2 Å². The molecule has 0 heterocycles. The van der Waals surface area contributed by atoms with Gasteiger partial charge in [-0.25, -0.2) is 0 Å². The number of hydrogen-bond acceptors (Lipinski definition) is 3. The highest BCUT2D eigenvalue weighted by atomic mass is 16.5. The second-order valence-electron chi connectivity index (χ2n) is 5.34. The van der Waals surface area contributed by atoms with E-state index >= 15 is 0 Å². The van der Waals surface area contributed by atoms with Gasteiger partial charge < -0.3 is 4.74 Å². The third kappa shape index (κ3) is 8.49. The number of ether oxygens (including phenoxy) is 1. The zero-order chi connectivity index (χ0) is 13.9. The molecule has 3 nitrogen and oxygen atoms in total. The summed E-state index contributed by atoms with van der Waals surface area (Å²) in [6, 6.07) is 2.31. The van der Waals surface area contributed by atoms with Crippen LogP contribution in [-0.4, -0.2) is 24.8 Å². The molecule has 106 valence electrons. The molecule has 0 saturated heterocycles. The van der Waals surface area contributed by atoms with Crippen LogP contribution in [0.2, 0.25) is 0 Å². The van der Waals surface area contributed by atoms with E-state index in [4.69, 9.17) is 4.74 Å². The molecule has 0 aliphatic heterocycles.